The minimum Gasteiger partial charge on any atom is -0.484 e. The van der Waals surface area contributed by atoms with Gasteiger partial charge in [-0.25, -0.2) is 4.79 Å². The Balaban J connectivity index is 1.91. The molecule has 3 aromatic carbocycles. The van der Waals surface area contributed by atoms with Crippen LogP contribution in [0.25, 0.3) is 5.70 Å². The van der Waals surface area contributed by atoms with Crippen molar-refractivity contribution in [1.82, 2.24) is 4.90 Å². The van der Waals surface area contributed by atoms with Gasteiger partial charge in [0.15, 0.2) is 19.0 Å². The van der Waals surface area contributed by atoms with Gasteiger partial charge in [-0.05, 0) is 80.3 Å². The van der Waals surface area contributed by atoms with Crippen LogP contribution < -0.4 is 9.47 Å². The first-order valence-corrected chi connectivity index (χ1v) is 20.7. The molecule has 330 valence electrons. The van der Waals surface area contributed by atoms with Gasteiger partial charge in [-0.2, -0.15) is 26.3 Å². The summed E-state index contributed by atoms with van der Waals surface area (Å²) in [6.45, 7) is 11.0. The summed E-state index contributed by atoms with van der Waals surface area (Å²) in [5.74, 6) is -1.33. The van der Waals surface area contributed by atoms with E-state index in [0.29, 0.717) is 43.0 Å². The first kappa shape index (κ1) is 48.3. The normalized spacial score (nSPS) is 17.1. The predicted molar refractivity (Wildman–Crippen MR) is 227 cm³/mol. The van der Waals surface area contributed by atoms with E-state index >= 15 is 0 Å². The SMILES string of the molecule is CCCCC(CC)CN1C\C=C/C(C(=N\OC(C)=O)/c2ccc(OCC(F)(F)F)cc2OCC(F)(F)F)=C\C/C(CC)=C\1c1ccccc1CC(=O)c1c(C)cc(C)cc1C. The summed E-state index contributed by atoms with van der Waals surface area (Å²) in [7, 11) is 0. The van der Waals surface area contributed by atoms with Crippen molar-refractivity contribution in [2.45, 2.75) is 106 Å². The average molecular weight is 855 g/mol. The largest absolute Gasteiger partial charge is 0.484 e. The van der Waals surface area contributed by atoms with Crippen LogP contribution in [0, 0.1) is 26.7 Å². The van der Waals surface area contributed by atoms with Crippen LogP contribution in [0.1, 0.15) is 110 Å². The molecule has 0 saturated carbocycles. The molecular weight excluding hydrogens is 799 g/mol. The van der Waals surface area contributed by atoms with Gasteiger partial charge in [0.25, 0.3) is 0 Å². The fourth-order valence-electron chi connectivity index (χ4n) is 7.65. The first-order valence-electron chi connectivity index (χ1n) is 20.7. The number of unbranched alkanes of at least 4 members (excludes halogenated alkanes) is 1. The Morgan fingerprint density at radius 2 is 1.56 bits per heavy atom. The standard InChI is InChI=1S/C48H56F6N2O5/c1-8-11-15-35(9-2)28-56-23-14-17-37(45(55-61-34(7)57)41-22-21-39(59-29-47(49,50)51)27-43(41)60-30-48(52,53)54)20-19-36(10-3)46(56)40-18-13-12-16-38(40)26-42(58)44-32(5)24-31(4)25-33(44)6/h12-14,16-18,20-22,24-25,27,35H,8-11,15,19,23,26,28-30H2,1-7H3/b17-14-,37-20+,46-36-,55-45+. The number of halogens is 6. The Morgan fingerprint density at radius 1 is 0.885 bits per heavy atom. The summed E-state index contributed by atoms with van der Waals surface area (Å²) in [4.78, 5) is 33.6. The van der Waals surface area contributed by atoms with Gasteiger partial charge in [0, 0.05) is 60.5 Å². The Morgan fingerprint density at radius 3 is 2.18 bits per heavy atom. The van der Waals surface area contributed by atoms with Gasteiger partial charge in [0.2, 0.25) is 0 Å². The molecule has 61 heavy (non-hydrogen) atoms. The summed E-state index contributed by atoms with van der Waals surface area (Å²) in [5.41, 5.74) is 7.59. The molecule has 13 heteroatoms. The highest BCUT2D eigenvalue weighted by Crippen LogP contribution is 2.36. The molecule has 7 nitrogen and oxygen atoms in total. The molecule has 1 unspecified atom stereocenters. The van der Waals surface area contributed by atoms with Crippen LogP contribution in [0.2, 0.25) is 0 Å². The van der Waals surface area contributed by atoms with Gasteiger partial charge in [0.1, 0.15) is 17.2 Å². The molecule has 1 atom stereocenters. The minimum atomic E-state index is -4.79. The quantitative estimate of drug-likeness (QED) is 0.0417. The van der Waals surface area contributed by atoms with E-state index in [1.165, 1.54) is 6.07 Å². The van der Waals surface area contributed by atoms with Crippen molar-refractivity contribution < 1.29 is 50.2 Å². The Bertz CT molecular complexity index is 2110. The summed E-state index contributed by atoms with van der Waals surface area (Å²) in [6.07, 6.45) is 1.07. The zero-order valence-electron chi connectivity index (χ0n) is 36.0. The second-order valence-corrected chi connectivity index (χ2v) is 15.4. The minimum absolute atomic E-state index is 0.0110. The van der Waals surface area contributed by atoms with E-state index < -0.39 is 37.3 Å². The van der Waals surface area contributed by atoms with E-state index in [1.807, 2.05) is 76.2 Å². The van der Waals surface area contributed by atoms with Crippen molar-refractivity contribution in [2.24, 2.45) is 11.1 Å². The van der Waals surface area contributed by atoms with E-state index in [0.717, 1.165) is 83.8 Å². The Labute approximate surface area is 355 Å². The zero-order chi connectivity index (χ0) is 44.9. The fourth-order valence-corrected chi connectivity index (χ4v) is 7.65. The van der Waals surface area contributed by atoms with Crippen LogP contribution in [0.4, 0.5) is 26.3 Å². The van der Waals surface area contributed by atoms with Crippen molar-refractivity contribution in [2.75, 3.05) is 26.3 Å². The van der Waals surface area contributed by atoms with E-state index in [1.54, 1.807) is 6.08 Å². The van der Waals surface area contributed by atoms with Gasteiger partial charge in [-0.3, -0.25) is 4.79 Å². The van der Waals surface area contributed by atoms with Crippen LogP contribution in [-0.2, 0) is 16.1 Å². The molecule has 0 amide bonds. The maximum atomic E-state index is 14.1. The van der Waals surface area contributed by atoms with Gasteiger partial charge < -0.3 is 19.2 Å². The Hall–Kier alpha value is -5.33. The molecule has 3 aromatic rings. The van der Waals surface area contributed by atoms with Crippen molar-refractivity contribution >= 4 is 23.2 Å². The second-order valence-electron chi connectivity index (χ2n) is 15.4. The number of alkyl halides is 6. The van der Waals surface area contributed by atoms with Crippen molar-refractivity contribution in [3.05, 3.63) is 123 Å². The smallest absolute Gasteiger partial charge is 0.422 e. The lowest BCUT2D eigenvalue weighted by atomic mass is 9.89. The van der Waals surface area contributed by atoms with Crippen LogP contribution in [0.15, 0.2) is 89.1 Å². The molecule has 0 bridgehead atoms. The summed E-state index contributed by atoms with van der Waals surface area (Å²) in [6, 6.07) is 15.2. The van der Waals surface area contributed by atoms with Crippen LogP contribution >= 0.6 is 0 Å². The number of Topliss-reactive ketones (excluding diaryl/α,β-unsaturated/α-hetero) is 1. The van der Waals surface area contributed by atoms with Crippen LogP contribution in [0.3, 0.4) is 0 Å². The highest BCUT2D eigenvalue weighted by Gasteiger charge is 2.31. The third kappa shape index (κ3) is 14.4. The Kier molecular flexibility index (Phi) is 17.4. The third-order valence-electron chi connectivity index (χ3n) is 10.4. The van der Waals surface area contributed by atoms with Crippen LogP contribution in [0.5, 0.6) is 11.5 Å². The molecule has 0 radical (unpaired) electrons. The van der Waals surface area contributed by atoms with Gasteiger partial charge in [-0.1, -0.05) is 105 Å². The zero-order valence-corrected chi connectivity index (χ0v) is 36.0. The topological polar surface area (TPSA) is 77.4 Å². The number of hydrogen-bond donors (Lipinski definition) is 0. The number of ketones is 1. The molecule has 1 aliphatic rings. The van der Waals surface area contributed by atoms with Crippen molar-refractivity contribution in [1.29, 1.82) is 0 Å². The van der Waals surface area contributed by atoms with E-state index in [9.17, 15) is 35.9 Å². The number of carbonyl (C=O) groups excluding carboxylic acids is 2. The fraction of sp³-hybridized carbons (Fsp3) is 0.438. The molecule has 0 spiro atoms. The lowest BCUT2D eigenvalue weighted by Crippen LogP contribution is -2.30. The summed E-state index contributed by atoms with van der Waals surface area (Å²) >= 11 is 0. The number of hydrogen-bond acceptors (Lipinski definition) is 7. The lowest BCUT2D eigenvalue weighted by Gasteiger charge is -2.33. The highest BCUT2D eigenvalue weighted by atomic mass is 19.4. The molecule has 1 aliphatic heterocycles. The number of ether oxygens (including phenoxy) is 2. The number of rotatable bonds is 18. The summed E-state index contributed by atoms with van der Waals surface area (Å²) < 4.78 is 89.5. The van der Waals surface area contributed by atoms with E-state index in [2.05, 4.69) is 23.9 Å². The monoisotopic (exact) mass is 854 g/mol. The number of nitrogens with zero attached hydrogens (tertiary/aromatic N) is 2. The average Bonchev–Trinajstić information content (AvgIpc) is 3.26. The van der Waals surface area contributed by atoms with E-state index in [4.69, 9.17) is 14.3 Å². The van der Waals surface area contributed by atoms with Crippen molar-refractivity contribution in [3.8, 4) is 11.5 Å². The molecule has 0 fully saturated rings. The van der Waals surface area contributed by atoms with Crippen molar-refractivity contribution in [3.63, 3.8) is 0 Å². The van der Waals surface area contributed by atoms with E-state index in [-0.39, 0.29) is 29.2 Å². The van der Waals surface area contributed by atoms with Gasteiger partial charge >= 0.3 is 18.3 Å². The number of benzene rings is 3. The first-order chi connectivity index (χ1) is 28.8. The maximum absolute atomic E-state index is 14.1. The molecule has 0 N–H and O–H groups in total. The predicted octanol–water partition coefficient (Wildman–Crippen LogP) is 12.4. The molecule has 0 aliphatic carbocycles. The molecule has 1 heterocycles. The van der Waals surface area contributed by atoms with Gasteiger partial charge in [-0.15, -0.1) is 0 Å². The highest BCUT2D eigenvalue weighted by molar-refractivity contribution is 6.16. The second kappa shape index (κ2) is 22.0. The molecule has 0 saturated heterocycles. The molecule has 4 rings (SSSR count). The lowest BCUT2D eigenvalue weighted by molar-refractivity contribution is -0.154. The van der Waals surface area contributed by atoms with Gasteiger partial charge in [0.05, 0.1) is 0 Å². The van der Waals surface area contributed by atoms with Crippen LogP contribution in [-0.4, -0.2) is 61.0 Å². The maximum Gasteiger partial charge on any atom is 0.422 e. The number of carbonyl (C=O) groups is 2. The number of allylic oxidation sites excluding steroid dienone is 4. The summed E-state index contributed by atoms with van der Waals surface area (Å²) in [5, 5.41) is 4.08. The molecule has 0 aromatic heterocycles. The number of oxime groups is 1. The third-order valence-corrected chi connectivity index (χ3v) is 10.4. The number of aryl methyl sites for hydroxylation is 3. The molecular formula is C48H56F6N2O5.